The molecule has 430 valence electrons. The fourth-order valence-corrected chi connectivity index (χ4v) is 8.23. The molecule has 0 saturated heterocycles. The van der Waals surface area contributed by atoms with Crippen molar-refractivity contribution in [3.05, 3.63) is 134 Å². The summed E-state index contributed by atoms with van der Waals surface area (Å²) in [5.74, 6) is -0.945. The number of carbonyl (C=O) groups is 3. The molecule has 0 heterocycles. The number of ether oxygens (including phenoxy) is 3. The molecular weight excluding hydrogens is 937 g/mol. The molecule has 0 aromatic rings. The van der Waals surface area contributed by atoms with Crippen molar-refractivity contribution < 1.29 is 28.6 Å². The van der Waals surface area contributed by atoms with Crippen LogP contribution in [0, 0.1) is 0 Å². The van der Waals surface area contributed by atoms with Crippen LogP contribution in [0.5, 0.6) is 0 Å². The zero-order valence-electron chi connectivity index (χ0n) is 49.2. The van der Waals surface area contributed by atoms with Gasteiger partial charge in [-0.2, -0.15) is 0 Å². The van der Waals surface area contributed by atoms with Gasteiger partial charge in [-0.15, -0.1) is 0 Å². The highest BCUT2D eigenvalue weighted by Crippen LogP contribution is 2.14. The van der Waals surface area contributed by atoms with E-state index in [2.05, 4.69) is 154 Å². The lowest BCUT2D eigenvalue weighted by molar-refractivity contribution is -0.167. The number of carbonyl (C=O) groups excluding carboxylic acids is 3. The van der Waals surface area contributed by atoms with Gasteiger partial charge in [0.15, 0.2) is 6.10 Å². The molecule has 0 spiro atoms. The molecular formula is C70H114O6. The van der Waals surface area contributed by atoms with E-state index in [0.29, 0.717) is 19.3 Å². The number of hydrogen-bond donors (Lipinski definition) is 0. The second-order valence-corrected chi connectivity index (χ2v) is 20.2. The van der Waals surface area contributed by atoms with Crippen LogP contribution in [0.1, 0.15) is 271 Å². The van der Waals surface area contributed by atoms with E-state index in [4.69, 9.17) is 14.2 Å². The summed E-state index contributed by atoms with van der Waals surface area (Å²) >= 11 is 0. The normalized spacial score (nSPS) is 13.0. The van der Waals surface area contributed by atoms with E-state index in [-0.39, 0.29) is 31.1 Å². The highest BCUT2D eigenvalue weighted by atomic mass is 16.6. The monoisotopic (exact) mass is 1050 g/mol. The Morgan fingerprint density at radius 3 is 0.829 bits per heavy atom. The zero-order valence-corrected chi connectivity index (χ0v) is 49.2. The van der Waals surface area contributed by atoms with Crippen molar-refractivity contribution in [2.45, 2.75) is 277 Å². The third kappa shape index (κ3) is 60.4. The van der Waals surface area contributed by atoms with E-state index in [9.17, 15) is 14.4 Å². The van der Waals surface area contributed by atoms with E-state index in [0.717, 1.165) is 148 Å². The van der Waals surface area contributed by atoms with Crippen molar-refractivity contribution in [1.29, 1.82) is 0 Å². The van der Waals surface area contributed by atoms with Crippen LogP contribution in [0.3, 0.4) is 0 Å². The fraction of sp³-hybridized carbons (Fsp3) is 0.643. The van der Waals surface area contributed by atoms with Crippen molar-refractivity contribution >= 4 is 17.9 Å². The average Bonchev–Trinajstić information content (AvgIpc) is 3.42. The molecule has 1 atom stereocenters. The van der Waals surface area contributed by atoms with Gasteiger partial charge in [-0.1, -0.05) is 264 Å². The molecule has 0 saturated carbocycles. The third-order valence-corrected chi connectivity index (χ3v) is 12.9. The minimum atomic E-state index is -0.802. The van der Waals surface area contributed by atoms with Crippen LogP contribution in [0.2, 0.25) is 0 Å². The Bertz CT molecular complexity index is 1630. The van der Waals surface area contributed by atoms with Crippen LogP contribution in [0.4, 0.5) is 0 Å². The van der Waals surface area contributed by atoms with Crippen LogP contribution < -0.4 is 0 Å². The van der Waals surface area contributed by atoms with Gasteiger partial charge in [0.25, 0.3) is 0 Å². The second-order valence-electron chi connectivity index (χ2n) is 20.2. The first-order valence-corrected chi connectivity index (χ1v) is 31.2. The minimum absolute atomic E-state index is 0.0958. The highest BCUT2D eigenvalue weighted by molar-refractivity contribution is 5.71. The fourth-order valence-electron chi connectivity index (χ4n) is 8.23. The summed E-state index contributed by atoms with van der Waals surface area (Å²) in [6.45, 7) is 6.46. The molecule has 0 aromatic heterocycles. The van der Waals surface area contributed by atoms with Gasteiger partial charge in [0.05, 0.1) is 0 Å². The quantitative estimate of drug-likeness (QED) is 0.0261. The molecule has 0 amide bonds. The predicted molar refractivity (Wildman–Crippen MR) is 329 cm³/mol. The molecule has 0 aliphatic rings. The average molecular weight is 1050 g/mol. The number of hydrogen-bond acceptors (Lipinski definition) is 6. The van der Waals surface area contributed by atoms with E-state index in [1.807, 2.05) is 0 Å². The number of esters is 3. The first kappa shape index (κ1) is 71.5. The van der Waals surface area contributed by atoms with Crippen molar-refractivity contribution in [1.82, 2.24) is 0 Å². The molecule has 1 unspecified atom stereocenters. The van der Waals surface area contributed by atoms with Crippen molar-refractivity contribution in [2.24, 2.45) is 0 Å². The number of rotatable bonds is 55. The summed E-state index contributed by atoms with van der Waals surface area (Å²) in [6.07, 6.45) is 88.8. The largest absolute Gasteiger partial charge is 0.462 e. The smallest absolute Gasteiger partial charge is 0.306 e. The van der Waals surface area contributed by atoms with E-state index in [1.165, 1.54) is 83.5 Å². The topological polar surface area (TPSA) is 78.9 Å². The summed E-state index contributed by atoms with van der Waals surface area (Å²) in [5, 5.41) is 0. The predicted octanol–water partition coefficient (Wildman–Crippen LogP) is 21.4. The maximum Gasteiger partial charge on any atom is 0.306 e. The van der Waals surface area contributed by atoms with Crippen LogP contribution in [-0.2, 0) is 28.6 Å². The SMILES string of the molecule is CC/C=C\C/C=C\C/C=C\C/C=C\C/C=C\C/C=C\C/C=C\C/C=C\C/C=C\CCCCCC(=O)OCC(COC(=O)CCCCCCCCCCCCC)OC(=O)CCCCCCC/C=C\C/C=C\CCCCCC. The Hall–Kier alpha value is -4.45. The maximum absolute atomic E-state index is 12.9. The Kier molecular flexibility index (Phi) is 59.4. The summed E-state index contributed by atoms with van der Waals surface area (Å²) in [7, 11) is 0. The van der Waals surface area contributed by atoms with Gasteiger partial charge in [0, 0.05) is 19.3 Å². The van der Waals surface area contributed by atoms with Gasteiger partial charge >= 0.3 is 17.9 Å². The molecule has 0 aliphatic carbocycles. The molecule has 0 bridgehead atoms. The Morgan fingerprint density at radius 1 is 0.276 bits per heavy atom. The first-order valence-electron chi connectivity index (χ1n) is 31.2. The summed E-state index contributed by atoms with van der Waals surface area (Å²) in [6, 6.07) is 0. The highest BCUT2D eigenvalue weighted by Gasteiger charge is 2.19. The molecule has 0 N–H and O–H groups in total. The standard InChI is InChI=1S/C70H114O6/c1-4-7-10-13-16-19-22-24-26-28-29-30-31-32-33-34-35-36-37-38-39-40-41-42-44-45-48-51-54-57-60-63-69(72)75-66-67(65-74-68(71)62-59-56-53-50-47-21-18-15-12-9-6-3)76-70(73)64-61-58-55-52-49-46-43-27-25-23-20-17-14-11-8-5-2/h7,10,16,19-20,23-24,26-27,29-30,32-33,35-36,38-39,41-43,45,48,67H,4-6,8-9,11-15,17-18,21-22,25,28,31,34,37,40,44,46-47,49-66H2,1-3H3/b10-7-,19-16-,23-20-,26-24-,30-29-,33-32-,36-35-,39-38-,42-41-,43-27-,48-45-. The van der Waals surface area contributed by atoms with Gasteiger partial charge in [0.1, 0.15) is 13.2 Å². The Balaban J connectivity index is 4.36. The third-order valence-electron chi connectivity index (χ3n) is 12.9. The van der Waals surface area contributed by atoms with Gasteiger partial charge in [0.2, 0.25) is 0 Å². The van der Waals surface area contributed by atoms with Gasteiger partial charge < -0.3 is 14.2 Å². The van der Waals surface area contributed by atoms with Crippen molar-refractivity contribution in [3.8, 4) is 0 Å². The van der Waals surface area contributed by atoms with E-state index in [1.54, 1.807) is 0 Å². The Labute approximate surface area is 468 Å². The lowest BCUT2D eigenvalue weighted by Crippen LogP contribution is -2.30. The van der Waals surface area contributed by atoms with Gasteiger partial charge in [-0.05, 0) is 122 Å². The molecule has 6 heteroatoms. The molecule has 0 fully saturated rings. The molecule has 6 nitrogen and oxygen atoms in total. The first-order chi connectivity index (χ1) is 37.5. The van der Waals surface area contributed by atoms with Gasteiger partial charge in [-0.3, -0.25) is 14.4 Å². The van der Waals surface area contributed by atoms with Crippen molar-refractivity contribution in [3.63, 3.8) is 0 Å². The molecule has 0 aromatic carbocycles. The Morgan fingerprint density at radius 2 is 0.513 bits per heavy atom. The van der Waals surface area contributed by atoms with Crippen LogP contribution in [-0.4, -0.2) is 37.2 Å². The molecule has 0 aliphatic heterocycles. The molecule has 0 radical (unpaired) electrons. The second kappa shape index (κ2) is 63.1. The molecule has 76 heavy (non-hydrogen) atoms. The van der Waals surface area contributed by atoms with E-state index >= 15 is 0 Å². The lowest BCUT2D eigenvalue weighted by Gasteiger charge is -2.18. The van der Waals surface area contributed by atoms with Crippen LogP contribution in [0.15, 0.2) is 134 Å². The minimum Gasteiger partial charge on any atom is -0.462 e. The number of unbranched alkanes of at least 4 members (excludes halogenated alkanes) is 22. The van der Waals surface area contributed by atoms with Gasteiger partial charge in [-0.25, -0.2) is 0 Å². The summed E-state index contributed by atoms with van der Waals surface area (Å²) < 4.78 is 16.8. The lowest BCUT2D eigenvalue weighted by atomic mass is 10.1. The zero-order chi connectivity index (χ0) is 55.0. The molecule has 0 rings (SSSR count). The number of allylic oxidation sites excluding steroid dienone is 22. The van der Waals surface area contributed by atoms with Crippen molar-refractivity contribution in [2.75, 3.05) is 13.2 Å². The summed E-state index contributed by atoms with van der Waals surface area (Å²) in [4.78, 5) is 38.2. The van der Waals surface area contributed by atoms with Crippen LogP contribution in [0.25, 0.3) is 0 Å². The maximum atomic E-state index is 12.9. The summed E-state index contributed by atoms with van der Waals surface area (Å²) in [5.41, 5.74) is 0. The van der Waals surface area contributed by atoms with Crippen LogP contribution >= 0.6 is 0 Å². The van der Waals surface area contributed by atoms with E-state index < -0.39 is 6.10 Å².